The maximum absolute atomic E-state index is 11.7. The van der Waals surface area contributed by atoms with Crippen LogP contribution < -0.4 is 4.40 Å². The second kappa shape index (κ2) is 19.7. The van der Waals surface area contributed by atoms with Crippen LogP contribution in [0.5, 0.6) is 0 Å². The SMILES string of the molecule is CCC(CC)C(=O)/C=C(\O)C(CC)CC.C[CH2][Ge]([CH2]C)([CH2]C)[c]1cc(-c2ncnc3c2[se]c2c(CC(C)C)cccc23)[c-]c2ccccc12.[Ir]. The monoisotopic (exact) mass is 980 g/mol. The zero-order chi connectivity index (χ0) is 35.7. The van der Waals surface area contributed by atoms with Crippen molar-refractivity contribution in [1.82, 2.24) is 9.97 Å². The Bertz CT molecular complexity index is 1880. The first-order valence-electron chi connectivity index (χ1n) is 18.7. The van der Waals surface area contributed by atoms with E-state index in [1.54, 1.807) is 10.7 Å². The Hall–Kier alpha value is -2.08. The van der Waals surface area contributed by atoms with Crippen molar-refractivity contribution in [2.24, 2.45) is 17.8 Å². The van der Waals surface area contributed by atoms with Crippen LogP contribution in [0.3, 0.4) is 0 Å². The molecule has 5 aromatic rings. The molecule has 0 aliphatic heterocycles. The number of carbonyl (C=O) groups excluding carboxylic acids is 1. The topological polar surface area (TPSA) is 63.1 Å². The number of allylic oxidation sites excluding steroid dienone is 2. The summed E-state index contributed by atoms with van der Waals surface area (Å²) in [4.78, 5) is 21.4. The Morgan fingerprint density at radius 1 is 0.840 bits per heavy atom. The zero-order valence-corrected chi connectivity index (χ0v) is 37.9. The summed E-state index contributed by atoms with van der Waals surface area (Å²) < 4.78 is 4.47. The number of aliphatic hydroxyl groups excluding tert-OH is 1. The van der Waals surface area contributed by atoms with Crippen LogP contribution in [0.25, 0.3) is 41.5 Å². The van der Waals surface area contributed by atoms with Crippen molar-refractivity contribution in [3.63, 3.8) is 0 Å². The molecule has 5 rings (SSSR count). The number of rotatable bonds is 14. The molecule has 0 aliphatic carbocycles. The van der Waals surface area contributed by atoms with Gasteiger partial charge in [0.1, 0.15) is 0 Å². The Morgan fingerprint density at radius 2 is 1.46 bits per heavy atom. The molecule has 4 nitrogen and oxygen atoms in total. The molecule has 7 heteroatoms. The van der Waals surface area contributed by atoms with E-state index in [9.17, 15) is 9.90 Å². The normalized spacial score (nSPS) is 12.2. The van der Waals surface area contributed by atoms with Gasteiger partial charge in [-0.05, 0) is 25.7 Å². The van der Waals surface area contributed by atoms with E-state index in [1.165, 1.54) is 52.1 Å². The van der Waals surface area contributed by atoms with E-state index in [-0.39, 0.29) is 58.0 Å². The Balaban J connectivity index is 0.000000361. The molecule has 0 saturated carbocycles. The van der Waals surface area contributed by atoms with Crippen LogP contribution in [-0.4, -0.2) is 48.6 Å². The summed E-state index contributed by atoms with van der Waals surface area (Å²) in [5.74, 6) is 1.19. The first-order chi connectivity index (χ1) is 23.6. The second-order valence-electron chi connectivity index (χ2n) is 13.9. The van der Waals surface area contributed by atoms with Crippen LogP contribution in [0.2, 0.25) is 15.8 Å². The van der Waals surface area contributed by atoms with Gasteiger partial charge < -0.3 is 5.11 Å². The third-order valence-corrected chi connectivity index (χ3v) is 25.2. The largest absolute Gasteiger partial charge is 0 e. The van der Waals surface area contributed by atoms with E-state index < -0.39 is 13.3 Å². The van der Waals surface area contributed by atoms with Gasteiger partial charge in [-0.25, -0.2) is 0 Å². The number of hydrogen-bond acceptors (Lipinski definition) is 4. The van der Waals surface area contributed by atoms with Gasteiger partial charge in [-0.3, -0.25) is 4.79 Å². The zero-order valence-electron chi connectivity index (χ0n) is 31.7. The molecule has 2 aromatic heterocycles. The number of aliphatic hydroxyl groups is 1. The molecule has 271 valence electrons. The number of aromatic nitrogens is 2. The molecule has 0 saturated heterocycles. The number of nitrogens with zero attached hydrogens (tertiary/aromatic N) is 2. The molecular formula is C43H57GeIrN2O2Se-. The van der Waals surface area contributed by atoms with Crippen molar-refractivity contribution in [1.29, 1.82) is 0 Å². The van der Waals surface area contributed by atoms with Crippen LogP contribution >= 0.6 is 0 Å². The fraction of sp³-hybridized carbons (Fsp3) is 0.465. The minimum absolute atomic E-state index is 0. The second-order valence-corrected chi connectivity index (χ2v) is 27.0. The van der Waals surface area contributed by atoms with Gasteiger partial charge in [0.15, 0.2) is 5.78 Å². The molecule has 0 bridgehead atoms. The summed E-state index contributed by atoms with van der Waals surface area (Å²) in [7, 11) is 0. The van der Waals surface area contributed by atoms with Gasteiger partial charge >= 0.3 is 213 Å². The van der Waals surface area contributed by atoms with E-state index in [0.29, 0.717) is 5.92 Å². The van der Waals surface area contributed by atoms with Crippen molar-refractivity contribution in [3.8, 4) is 11.3 Å². The molecule has 0 aliphatic rings. The van der Waals surface area contributed by atoms with Crippen molar-refractivity contribution in [2.75, 3.05) is 0 Å². The molecule has 3 aromatic carbocycles. The molecule has 0 amide bonds. The molecule has 0 fully saturated rings. The first kappa shape index (κ1) is 42.3. The molecule has 0 unspecified atom stereocenters. The number of fused-ring (bicyclic) bond motifs is 4. The quantitative estimate of drug-likeness (QED) is 0.0521. The number of benzene rings is 3. The van der Waals surface area contributed by atoms with Gasteiger partial charge in [0.05, 0.1) is 5.76 Å². The number of carbonyl (C=O) groups is 1. The van der Waals surface area contributed by atoms with Crippen molar-refractivity contribution in [3.05, 3.63) is 78.3 Å². The minimum Gasteiger partial charge on any atom is 0 e. The van der Waals surface area contributed by atoms with Crippen LogP contribution in [0.1, 0.15) is 93.6 Å². The van der Waals surface area contributed by atoms with Crippen molar-refractivity contribution < 1.29 is 30.0 Å². The maximum atomic E-state index is 11.7. The molecule has 2 heterocycles. The Kier molecular flexibility index (Phi) is 16.7. The summed E-state index contributed by atoms with van der Waals surface area (Å²) in [6, 6.07) is 21.9. The van der Waals surface area contributed by atoms with Gasteiger partial charge in [0.25, 0.3) is 0 Å². The Labute approximate surface area is 323 Å². The fourth-order valence-electron chi connectivity index (χ4n) is 7.35. The van der Waals surface area contributed by atoms with Crippen LogP contribution in [0.4, 0.5) is 0 Å². The third-order valence-electron chi connectivity index (χ3n) is 10.7. The summed E-state index contributed by atoms with van der Waals surface area (Å²) in [5.41, 5.74) is 4.89. The van der Waals surface area contributed by atoms with E-state index in [0.717, 1.165) is 48.9 Å². The van der Waals surface area contributed by atoms with Gasteiger partial charge in [-0.2, -0.15) is 0 Å². The first-order valence-corrected chi connectivity index (χ1v) is 25.9. The van der Waals surface area contributed by atoms with Crippen LogP contribution in [-0.2, 0) is 31.3 Å². The van der Waals surface area contributed by atoms with E-state index >= 15 is 0 Å². The Morgan fingerprint density at radius 3 is 2.06 bits per heavy atom. The van der Waals surface area contributed by atoms with E-state index in [2.05, 4.69) is 89.2 Å². The molecule has 0 atom stereocenters. The predicted molar refractivity (Wildman–Crippen MR) is 215 cm³/mol. The van der Waals surface area contributed by atoms with Crippen molar-refractivity contribution >= 4 is 68.1 Å². The molecule has 0 spiro atoms. The standard InChI is InChI=1S/C30H33GeN2Se.C13H24O2.Ir/c1-6-31(7-2,8-3)26-18-23(17-21-12-9-10-14-24(21)26)27-30-28(33-19-32-27)25-15-11-13-22(16-20(4)5)29(25)34-30;1-5-10(6-2)12(14)9-13(15)11(7-3)8-4;/h9-15,18-20H,6-8,16H2,1-5H3;9-11,14H,5-8H2,1-4H3;/q-1;;/b;12-9-;. The minimum atomic E-state index is -2.21. The summed E-state index contributed by atoms with van der Waals surface area (Å²) in [5, 5.41) is 17.7. The van der Waals surface area contributed by atoms with E-state index in [4.69, 9.17) is 9.97 Å². The van der Waals surface area contributed by atoms with Gasteiger partial charge in [0.2, 0.25) is 0 Å². The molecule has 1 N–H and O–H groups in total. The van der Waals surface area contributed by atoms with Crippen LogP contribution in [0, 0.1) is 23.8 Å². The molecular weight excluding hydrogens is 920 g/mol. The van der Waals surface area contributed by atoms with Crippen LogP contribution in [0.15, 0.2) is 66.7 Å². The van der Waals surface area contributed by atoms with E-state index in [1.807, 2.05) is 27.7 Å². The fourth-order valence-corrected chi connectivity index (χ4v) is 18.2. The maximum Gasteiger partial charge on any atom is 0 e. The summed E-state index contributed by atoms with van der Waals surface area (Å²) >= 11 is -2.00. The number of ketones is 1. The summed E-state index contributed by atoms with van der Waals surface area (Å²) in [6.45, 7) is 19.9. The van der Waals surface area contributed by atoms with Crippen molar-refractivity contribution in [2.45, 2.75) is 110 Å². The van der Waals surface area contributed by atoms with Gasteiger partial charge in [-0.15, -0.1) is 0 Å². The number of hydrogen-bond donors (Lipinski definition) is 1. The van der Waals surface area contributed by atoms with Gasteiger partial charge in [-0.1, -0.05) is 27.7 Å². The summed E-state index contributed by atoms with van der Waals surface area (Å²) in [6.07, 6.45) is 7.79. The third kappa shape index (κ3) is 9.28. The molecule has 1 radical (unpaired) electrons. The average molecular weight is 978 g/mol. The predicted octanol–water partition coefficient (Wildman–Crippen LogP) is 11.2. The molecule has 50 heavy (non-hydrogen) atoms. The smallest absolute Gasteiger partial charge is 0 e. The van der Waals surface area contributed by atoms with Gasteiger partial charge in [0, 0.05) is 38.0 Å². The average Bonchev–Trinajstić information content (AvgIpc) is 3.50.